The van der Waals surface area contributed by atoms with Crippen molar-refractivity contribution in [1.29, 1.82) is 0 Å². The molecule has 1 aromatic carbocycles. The minimum absolute atomic E-state index is 0.0451. The standard InChI is InChI=1S/C12H17N3O4/c1-7(2)9(13)6-12(17)14-10-4-3-8(16)5-11(10)15(18)19/h3-5,7,9,16H,6,13H2,1-2H3,(H,14,17). The number of phenols is 1. The summed E-state index contributed by atoms with van der Waals surface area (Å²) in [5, 5.41) is 22.4. The fraction of sp³-hybridized carbons (Fsp3) is 0.417. The number of nitro benzene ring substituents is 1. The SMILES string of the molecule is CC(C)C(N)CC(=O)Nc1ccc(O)cc1[N+](=O)[O-]. The van der Waals surface area contributed by atoms with Crippen molar-refractivity contribution in [3.63, 3.8) is 0 Å². The van der Waals surface area contributed by atoms with Gasteiger partial charge in [0.15, 0.2) is 0 Å². The van der Waals surface area contributed by atoms with E-state index in [2.05, 4.69) is 5.32 Å². The number of nitro groups is 1. The minimum atomic E-state index is -0.669. The molecule has 0 bridgehead atoms. The van der Waals surface area contributed by atoms with Crippen LogP contribution in [0.25, 0.3) is 0 Å². The summed E-state index contributed by atoms with van der Waals surface area (Å²) in [6.07, 6.45) is 0.0791. The largest absolute Gasteiger partial charge is 0.508 e. The summed E-state index contributed by atoms with van der Waals surface area (Å²) in [7, 11) is 0. The summed E-state index contributed by atoms with van der Waals surface area (Å²) in [4.78, 5) is 21.8. The molecule has 7 heteroatoms. The van der Waals surface area contributed by atoms with Gasteiger partial charge in [0.1, 0.15) is 11.4 Å². The highest BCUT2D eigenvalue weighted by atomic mass is 16.6. The molecule has 104 valence electrons. The second-order valence-corrected chi connectivity index (χ2v) is 4.62. The van der Waals surface area contributed by atoms with E-state index in [4.69, 9.17) is 5.73 Å². The average molecular weight is 267 g/mol. The number of anilines is 1. The molecule has 0 saturated carbocycles. The Morgan fingerprint density at radius 1 is 1.53 bits per heavy atom. The average Bonchev–Trinajstić information content (AvgIpc) is 2.30. The molecule has 0 radical (unpaired) electrons. The Morgan fingerprint density at radius 2 is 2.16 bits per heavy atom. The lowest BCUT2D eigenvalue weighted by atomic mass is 10.0. The number of phenolic OH excluding ortho intramolecular Hbond substituents is 1. The number of amides is 1. The number of rotatable bonds is 5. The van der Waals surface area contributed by atoms with Crippen molar-refractivity contribution in [2.75, 3.05) is 5.32 Å². The van der Waals surface area contributed by atoms with Crippen LogP contribution in [0.2, 0.25) is 0 Å². The molecule has 0 aliphatic heterocycles. The Morgan fingerprint density at radius 3 is 2.68 bits per heavy atom. The van der Waals surface area contributed by atoms with Crippen molar-refractivity contribution in [2.24, 2.45) is 11.7 Å². The van der Waals surface area contributed by atoms with Crippen molar-refractivity contribution >= 4 is 17.3 Å². The van der Waals surface area contributed by atoms with Crippen LogP contribution in [0.5, 0.6) is 5.75 Å². The van der Waals surface area contributed by atoms with Crippen LogP contribution >= 0.6 is 0 Å². The maximum Gasteiger partial charge on any atom is 0.296 e. The summed E-state index contributed by atoms with van der Waals surface area (Å²) in [6.45, 7) is 3.78. The third kappa shape index (κ3) is 4.22. The smallest absolute Gasteiger partial charge is 0.296 e. The summed E-state index contributed by atoms with van der Waals surface area (Å²) in [5.74, 6) is -0.487. The molecule has 1 rings (SSSR count). The maximum atomic E-state index is 11.7. The molecule has 1 unspecified atom stereocenters. The highest BCUT2D eigenvalue weighted by Crippen LogP contribution is 2.28. The van der Waals surface area contributed by atoms with Crippen LogP contribution < -0.4 is 11.1 Å². The lowest BCUT2D eigenvalue weighted by Gasteiger charge is -2.15. The van der Waals surface area contributed by atoms with Gasteiger partial charge in [-0.15, -0.1) is 0 Å². The Kier molecular flexibility index (Phi) is 4.82. The van der Waals surface area contributed by atoms with Gasteiger partial charge in [-0.2, -0.15) is 0 Å². The highest BCUT2D eigenvalue weighted by molar-refractivity contribution is 5.93. The van der Waals surface area contributed by atoms with E-state index in [-0.39, 0.29) is 35.5 Å². The number of carbonyl (C=O) groups excluding carboxylic acids is 1. The van der Waals surface area contributed by atoms with E-state index in [1.807, 2.05) is 13.8 Å². The molecule has 0 aliphatic rings. The maximum absolute atomic E-state index is 11.7. The Bertz CT molecular complexity index is 488. The summed E-state index contributed by atoms with van der Waals surface area (Å²) in [5.41, 5.74) is 5.45. The van der Waals surface area contributed by atoms with Gasteiger partial charge in [0.2, 0.25) is 5.91 Å². The van der Waals surface area contributed by atoms with Gasteiger partial charge in [-0.25, -0.2) is 0 Å². The fourth-order valence-electron chi connectivity index (χ4n) is 1.43. The second kappa shape index (κ2) is 6.14. The molecular weight excluding hydrogens is 250 g/mol. The normalized spacial score (nSPS) is 12.2. The zero-order chi connectivity index (χ0) is 14.6. The molecule has 0 fully saturated rings. The number of nitrogens with two attached hydrogens (primary N) is 1. The third-order valence-corrected chi connectivity index (χ3v) is 2.73. The van der Waals surface area contributed by atoms with Crippen molar-refractivity contribution < 1.29 is 14.8 Å². The third-order valence-electron chi connectivity index (χ3n) is 2.73. The van der Waals surface area contributed by atoms with Gasteiger partial charge >= 0.3 is 0 Å². The van der Waals surface area contributed by atoms with Crippen molar-refractivity contribution in [3.8, 4) is 5.75 Å². The van der Waals surface area contributed by atoms with Gasteiger partial charge in [0.25, 0.3) is 5.69 Å². The first-order chi connectivity index (χ1) is 8.81. The lowest BCUT2D eigenvalue weighted by molar-refractivity contribution is -0.384. The summed E-state index contributed by atoms with van der Waals surface area (Å²) < 4.78 is 0. The number of aromatic hydroxyl groups is 1. The quantitative estimate of drug-likeness (QED) is 0.425. The van der Waals surface area contributed by atoms with Gasteiger partial charge < -0.3 is 16.2 Å². The lowest BCUT2D eigenvalue weighted by Crippen LogP contribution is -2.31. The van der Waals surface area contributed by atoms with E-state index in [9.17, 15) is 20.0 Å². The van der Waals surface area contributed by atoms with Crippen LogP contribution in [-0.4, -0.2) is 22.0 Å². The number of hydrogen-bond donors (Lipinski definition) is 3. The van der Waals surface area contributed by atoms with E-state index in [0.717, 1.165) is 6.07 Å². The van der Waals surface area contributed by atoms with Gasteiger partial charge in [-0.1, -0.05) is 13.8 Å². The van der Waals surface area contributed by atoms with Crippen LogP contribution in [-0.2, 0) is 4.79 Å². The first kappa shape index (κ1) is 14.9. The molecule has 1 aromatic rings. The number of hydrogen-bond acceptors (Lipinski definition) is 5. The molecular formula is C12H17N3O4. The van der Waals surface area contributed by atoms with Crippen molar-refractivity contribution in [2.45, 2.75) is 26.3 Å². The first-order valence-electron chi connectivity index (χ1n) is 5.84. The minimum Gasteiger partial charge on any atom is -0.508 e. The van der Waals surface area contributed by atoms with Crippen molar-refractivity contribution in [1.82, 2.24) is 0 Å². The highest BCUT2D eigenvalue weighted by Gasteiger charge is 2.18. The molecule has 1 amide bonds. The Balaban J connectivity index is 2.82. The van der Waals surface area contributed by atoms with Gasteiger partial charge in [-0.3, -0.25) is 14.9 Å². The molecule has 0 spiro atoms. The van der Waals surface area contributed by atoms with Crippen LogP contribution in [0.15, 0.2) is 18.2 Å². The van der Waals surface area contributed by atoms with Gasteiger partial charge in [0.05, 0.1) is 11.0 Å². The Hall–Kier alpha value is -2.15. The molecule has 19 heavy (non-hydrogen) atoms. The second-order valence-electron chi connectivity index (χ2n) is 4.62. The topological polar surface area (TPSA) is 118 Å². The van der Waals surface area contributed by atoms with E-state index in [1.165, 1.54) is 12.1 Å². The number of benzene rings is 1. The van der Waals surface area contributed by atoms with Crippen LogP contribution in [0.1, 0.15) is 20.3 Å². The molecule has 4 N–H and O–H groups in total. The first-order valence-corrected chi connectivity index (χ1v) is 5.84. The predicted molar refractivity (Wildman–Crippen MR) is 70.8 cm³/mol. The number of nitrogens with zero attached hydrogens (tertiary/aromatic N) is 1. The molecule has 0 aromatic heterocycles. The van der Waals surface area contributed by atoms with E-state index in [0.29, 0.717) is 0 Å². The molecule has 0 heterocycles. The zero-order valence-corrected chi connectivity index (χ0v) is 10.8. The van der Waals surface area contributed by atoms with Gasteiger partial charge in [-0.05, 0) is 18.1 Å². The van der Waals surface area contributed by atoms with Crippen molar-refractivity contribution in [3.05, 3.63) is 28.3 Å². The molecule has 0 aliphatic carbocycles. The fourth-order valence-corrected chi connectivity index (χ4v) is 1.43. The Labute approximate surface area is 110 Å². The van der Waals surface area contributed by atoms with E-state index >= 15 is 0 Å². The van der Waals surface area contributed by atoms with E-state index < -0.39 is 10.8 Å². The van der Waals surface area contributed by atoms with Crippen LogP contribution in [0, 0.1) is 16.0 Å². The number of nitrogens with one attached hydrogen (secondary N) is 1. The predicted octanol–water partition coefficient (Wildman–Crippen LogP) is 1.61. The molecule has 0 saturated heterocycles. The van der Waals surface area contributed by atoms with Gasteiger partial charge in [0, 0.05) is 12.5 Å². The van der Waals surface area contributed by atoms with Crippen LogP contribution in [0.3, 0.4) is 0 Å². The monoisotopic (exact) mass is 267 g/mol. The summed E-state index contributed by atoms with van der Waals surface area (Å²) >= 11 is 0. The molecule has 7 nitrogen and oxygen atoms in total. The van der Waals surface area contributed by atoms with Crippen LogP contribution in [0.4, 0.5) is 11.4 Å². The molecule has 1 atom stereocenters. The number of carbonyl (C=O) groups is 1. The zero-order valence-electron chi connectivity index (χ0n) is 10.8. The van der Waals surface area contributed by atoms with E-state index in [1.54, 1.807) is 0 Å². The summed E-state index contributed by atoms with van der Waals surface area (Å²) in [6, 6.07) is 3.23.